The van der Waals surface area contributed by atoms with Gasteiger partial charge in [0.25, 0.3) is 0 Å². The average Bonchev–Trinajstić information content (AvgIpc) is 2.42. The van der Waals surface area contributed by atoms with E-state index in [1.54, 1.807) is 25.1 Å². The Hall–Kier alpha value is -1.07. The number of benzene rings is 1. The standard InChI is InChI=1S/C14H21NO3S/c1-3-19(16,17)14-7-5-4-6-12(14)18-13-10-15-9-8-11(13)2/h4-7,11,13,15H,3,8-10H2,1-2H3. The van der Waals surface area contributed by atoms with Gasteiger partial charge >= 0.3 is 0 Å². The summed E-state index contributed by atoms with van der Waals surface area (Å²) in [6.07, 6.45) is 1.08. The molecule has 5 heteroatoms. The van der Waals surface area contributed by atoms with Gasteiger partial charge in [-0.2, -0.15) is 0 Å². The summed E-state index contributed by atoms with van der Waals surface area (Å²) < 4.78 is 30.0. The van der Waals surface area contributed by atoms with Crippen LogP contribution in [-0.2, 0) is 9.84 Å². The summed E-state index contributed by atoms with van der Waals surface area (Å²) in [5.41, 5.74) is 0. The third kappa shape index (κ3) is 3.28. The molecular formula is C14H21NO3S. The zero-order chi connectivity index (χ0) is 13.9. The fourth-order valence-electron chi connectivity index (χ4n) is 2.24. The Morgan fingerprint density at radius 2 is 2.11 bits per heavy atom. The van der Waals surface area contributed by atoms with Gasteiger partial charge in [0.15, 0.2) is 9.84 Å². The van der Waals surface area contributed by atoms with Gasteiger partial charge in [-0.1, -0.05) is 26.0 Å². The smallest absolute Gasteiger partial charge is 0.181 e. The number of ether oxygens (including phenoxy) is 1. The fraction of sp³-hybridized carbons (Fsp3) is 0.571. The highest BCUT2D eigenvalue weighted by Crippen LogP contribution is 2.27. The van der Waals surface area contributed by atoms with E-state index >= 15 is 0 Å². The average molecular weight is 283 g/mol. The van der Waals surface area contributed by atoms with Gasteiger partial charge in [-0.15, -0.1) is 0 Å². The molecule has 2 rings (SSSR count). The van der Waals surface area contributed by atoms with Gasteiger partial charge in [0.2, 0.25) is 0 Å². The van der Waals surface area contributed by atoms with Crippen LogP contribution in [0.4, 0.5) is 0 Å². The summed E-state index contributed by atoms with van der Waals surface area (Å²) in [6, 6.07) is 6.90. The lowest BCUT2D eigenvalue weighted by Crippen LogP contribution is -2.43. The van der Waals surface area contributed by atoms with E-state index in [1.165, 1.54) is 0 Å². The molecule has 1 aliphatic heterocycles. The highest BCUT2D eigenvalue weighted by atomic mass is 32.2. The van der Waals surface area contributed by atoms with Crippen molar-refractivity contribution < 1.29 is 13.2 Å². The van der Waals surface area contributed by atoms with E-state index in [-0.39, 0.29) is 11.9 Å². The first-order valence-electron chi connectivity index (χ1n) is 6.73. The van der Waals surface area contributed by atoms with Crippen molar-refractivity contribution in [3.63, 3.8) is 0 Å². The van der Waals surface area contributed by atoms with Gasteiger partial charge in [0.1, 0.15) is 16.7 Å². The maximum atomic E-state index is 12.0. The van der Waals surface area contributed by atoms with E-state index in [2.05, 4.69) is 12.2 Å². The molecule has 1 aromatic rings. The predicted octanol–water partition coefficient (Wildman–Crippen LogP) is 1.86. The van der Waals surface area contributed by atoms with Crippen LogP contribution in [0.5, 0.6) is 5.75 Å². The summed E-state index contributed by atoms with van der Waals surface area (Å²) >= 11 is 0. The predicted molar refractivity (Wildman–Crippen MR) is 75.2 cm³/mol. The minimum atomic E-state index is -3.24. The molecule has 106 valence electrons. The Bertz CT molecular complexity index is 527. The fourth-order valence-corrected chi connectivity index (χ4v) is 3.26. The maximum absolute atomic E-state index is 12.0. The van der Waals surface area contributed by atoms with Crippen molar-refractivity contribution in [3.8, 4) is 5.75 Å². The molecule has 1 N–H and O–H groups in total. The molecule has 2 unspecified atom stereocenters. The summed E-state index contributed by atoms with van der Waals surface area (Å²) in [5, 5.41) is 3.28. The number of nitrogens with one attached hydrogen (secondary N) is 1. The minimum Gasteiger partial charge on any atom is -0.487 e. The molecule has 1 aromatic carbocycles. The molecule has 0 amide bonds. The number of hydrogen-bond donors (Lipinski definition) is 1. The molecule has 0 spiro atoms. The van der Waals surface area contributed by atoms with Gasteiger partial charge in [0, 0.05) is 6.54 Å². The van der Waals surface area contributed by atoms with Crippen molar-refractivity contribution in [2.24, 2.45) is 5.92 Å². The second-order valence-electron chi connectivity index (χ2n) is 4.98. The minimum absolute atomic E-state index is 0.0296. The highest BCUT2D eigenvalue weighted by Gasteiger charge is 2.25. The lowest BCUT2D eigenvalue weighted by molar-refractivity contribution is 0.111. The molecule has 0 saturated carbocycles. The largest absolute Gasteiger partial charge is 0.487 e. The Balaban J connectivity index is 2.25. The van der Waals surface area contributed by atoms with Crippen LogP contribution in [0.25, 0.3) is 0 Å². The first-order valence-corrected chi connectivity index (χ1v) is 8.39. The van der Waals surface area contributed by atoms with Crippen molar-refractivity contribution in [2.75, 3.05) is 18.8 Å². The third-order valence-electron chi connectivity index (χ3n) is 3.60. The van der Waals surface area contributed by atoms with E-state index in [1.807, 2.05) is 6.07 Å². The van der Waals surface area contributed by atoms with Crippen LogP contribution in [0.3, 0.4) is 0 Å². The first-order chi connectivity index (χ1) is 9.04. The van der Waals surface area contributed by atoms with Crippen LogP contribution in [0, 0.1) is 5.92 Å². The van der Waals surface area contributed by atoms with Crippen LogP contribution < -0.4 is 10.1 Å². The van der Waals surface area contributed by atoms with Crippen molar-refractivity contribution in [2.45, 2.75) is 31.3 Å². The maximum Gasteiger partial charge on any atom is 0.181 e. The Labute approximate surface area is 115 Å². The second kappa shape index (κ2) is 5.92. The molecule has 2 atom stereocenters. The number of sulfone groups is 1. The van der Waals surface area contributed by atoms with Crippen LogP contribution >= 0.6 is 0 Å². The van der Waals surface area contributed by atoms with Gasteiger partial charge < -0.3 is 10.1 Å². The van der Waals surface area contributed by atoms with Crippen molar-refractivity contribution in [3.05, 3.63) is 24.3 Å². The van der Waals surface area contributed by atoms with Crippen molar-refractivity contribution in [1.82, 2.24) is 5.32 Å². The van der Waals surface area contributed by atoms with Crippen LogP contribution in [0.15, 0.2) is 29.2 Å². The topological polar surface area (TPSA) is 55.4 Å². The van der Waals surface area contributed by atoms with E-state index in [0.29, 0.717) is 16.6 Å². The van der Waals surface area contributed by atoms with E-state index < -0.39 is 9.84 Å². The Kier molecular flexibility index (Phi) is 4.47. The number of hydrogen-bond acceptors (Lipinski definition) is 4. The summed E-state index contributed by atoms with van der Waals surface area (Å²) in [7, 11) is -3.24. The third-order valence-corrected chi connectivity index (χ3v) is 5.37. The molecule has 1 fully saturated rings. The number of rotatable bonds is 4. The SMILES string of the molecule is CCS(=O)(=O)c1ccccc1OC1CNCCC1C. The molecule has 0 bridgehead atoms. The molecule has 0 aliphatic carbocycles. The second-order valence-corrected chi connectivity index (χ2v) is 7.22. The summed E-state index contributed by atoms with van der Waals surface area (Å²) in [5.74, 6) is 0.995. The molecule has 1 heterocycles. The van der Waals surface area contributed by atoms with E-state index in [0.717, 1.165) is 19.5 Å². The van der Waals surface area contributed by atoms with E-state index in [9.17, 15) is 8.42 Å². The molecule has 4 nitrogen and oxygen atoms in total. The Morgan fingerprint density at radius 1 is 1.37 bits per heavy atom. The molecular weight excluding hydrogens is 262 g/mol. The summed E-state index contributed by atoms with van der Waals surface area (Å²) in [4.78, 5) is 0.301. The van der Waals surface area contributed by atoms with Crippen LogP contribution in [-0.4, -0.2) is 33.4 Å². The molecule has 0 radical (unpaired) electrons. The van der Waals surface area contributed by atoms with Crippen molar-refractivity contribution >= 4 is 9.84 Å². The highest BCUT2D eigenvalue weighted by molar-refractivity contribution is 7.91. The number of para-hydroxylation sites is 1. The lowest BCUT2D eigenvalue weighted by atomic mass is 9.97. The van der Waals surface area contributed by atoms with Gasteiger partial charge in [-0.05, 0) is 31.0 Å². The normalized spacial score (nSPS) is 24.1. The Morgan fingerprint density at radius 3 is 2.79 bits per heavy atom. The zero-order valence-electron chi connectivity index (χ0n) is 11.4. The lowest BCUT2D eigenvalue weighted by Gasteiger charge is -2.30. The summed E-state index contributed by atoms with van der Waals surface area (Å²) in [6.45, 7) is 5.55. The van der Waals surface area contributed by atoms with Crippen molar-refractivity contribution in [1.29, 1.82) is 0 Å². The van der Waals surface area contributed by atoms with Gasteiger partial charge in [-0.3, -0.25) is 0 Å². The first kappa shape index (κ1) is 14.3. The zero-order valence-corrected chi connectivity index (χ0v) is 12.2. The van der Waals surface area contributed by atoms with Gasteiger partial charge in [-0.25, -0.2) is 8.42 Å². The molecule has 1 aliphatic rings. The van der Waals surface area contributed by atoms with Gasteiger partial charge in [0.05, 0.1) is 5.75 Å². The monoisotopic (exact) mass is 283 g/mol. The van der Waals surface area contributed by atoms with Crippen LogP contribution in [0.2, 0.25) is 0 Å². The van der Waals surface area contributed by atoms with E-state index in [4.69, 9.17) is 4.74 Å². The van der Waals surface area contributed by atoms with Crippen LogP contribution in [0.1, 0.15) is 20.3 Å². The molecule has 0 aromatic heterocycles. The molecule has 1 saturated heterocycles. The quantitative estimate of drug-likeness (QED) is 0.916. The molecule has 19 heavy (non-hydrogen) atoms. The number of piperidine rings is 1.